The number of nitrogens with one attached hydrogen (secondary N) is 1. The number of amides is 1. The number of carbonyl (C=O) groups excluding carboxylic acids is 3. The minimum absolute atomic E-state index is 0. The summed E-state index contributed by atoms with van der Waals surface area (Å²) in [6.45, 7) is 107. The van der Waals surface area contributed by atoms with Gasteiger partial charge in [-0.2, -0.15) is 0 Å². The molecule has 1 N–H and O–H groups in total. The molecule has 0 bridgehead atoms. The van der Waals surface area contributed by atoms with E-state index in [2.05, 4.69) is 341 Å². The van der Waals surface area contributed by atoms with Crippen molar-refractivity contribution in [3.8, 4) is 0 Å². The smallest absolute Gasteiger partial charge is 0.333 e. The fraction of sp³-hybridized carbons (Fsp3) is 0.641. The number of unbranched alkanes of at least 4 members (excludes halogenated alkanes) is 2. The van der Waals surface area contributed by atoms with Gasteiger partial charge in [-0.25, -0.2) is 9.59 Å². The van der Waals surface area contributed by atoms with Crippen molar-refractivity contribution in [2.45, 2.75) is 365 Å². The minimum atomic E-state index is -2.43. The van der Waals surface area contributed by atoms with Crippen LogP contribution in [0.4, 0.5) is 0 Å². The van der Waals surface area contributed by atoms with Gasteiger partial charge in [-0.1, -0.05) is 349 Å². The van der Waals surface area contributed by atoms with E-state index in [9.17, 15) is 14.4 Å². The fourth-order valence-corrected chi connectivity index (χ4v) is 102. The van der Waals surface area contributed by atoms with Crippen molar-refractivity contribution in [1.82, 2.24) is 5.32 Å². The molecule has 0 aromatic heterocycles. The molecular formula is C92H191NO11Si15. The number of carbonyl (C=O) groups is 3. The second-order valence-electron chi connectivity index (χ2n) is 42.7. The summed E-state index contributed by atoms with van der Waals surface area (Å²) in [5, 5.41) is 7.69. The third-order valence-electron chi connectivity index (χ3n) is 18.9. The van der Waals surface area contributed by atoms with E-state index in [-0.39, 0.29) is 47.6 Å². The van der Waals surface area contributed by atoms with Gasteiger partial charge in [0.15, 0.2) is 33.3 Å². The molecule has 0 atom stereocenters. The molecule has 0 unspecified atom stereocenters. The number of hydrogen-bond acceptors (Lipinski definition) is 11. The molecule has 0 aliphatic carbocycles. The molecule has 0 spiro atoms. The standard InChI is InChI=1S/C20H40Si4.C15H32O3Si2.C14H33NO5Si4.C14H30O3Si2.C14H24Si2.C11H16Si.4CH4/c1-11-19-12-14-20(15-13-19)24(16-21(2,3)4,17-22(5,6)7)18-23(8,9)10;1-8-9-12-19(4,5)18-20(6,7)13-10-11-17-15(16)14(2)3;1-13(2)14(16)15-11-10-12-24(9)19-22(5,6)17-21(3,4)18-23(7,8)20-24;1-7-9-12-18(3,4)17-19(5,6)13-10-11-16-14(15)8-2;1-7-13-8-10-14(11-9-13)16(5,6)12-15(2,3)4;1-5-10-6-8-11(9-7-10)12(2,3)4;;;;/h11-15H,1,16-18H2,2-10H3;2,8-13H2,1,3-7H3;1,10-12H2,2-9H3,(H,15,16);8H,2,7,9-13H2,1,3-6H3;7-11H,1,12H2,2-6H3;5-9H,1H2,2-4H3;4*1H4. The Kier molecular flexibility index (Phi) is 59.9. The molecule has 0 radical (unpaired) electrons. The molecule has 4 rings (SSSR count). The summed E-state index contributed by atoms with van der Waals surface area (Å²) in [6.07, 6.45) is 14.6. The molecule has 0 saturated carbocycles. The summed E-state index contributed by atoms with van der Waals surface area (Å²) in [4.78, 5) is 33.8. The van der Waals surface area contributed by atoms with Crippen LogP contribution in [0.2, 0.25) is 262 Å². The molecule has 1 aliphatic heterocycles. The molecule has 1 heterocycles. The van der Waals surface area contributed by atoms with Crippen LogP contribution in [0.15, 0.2) is 129 Å². The highest BCUT2D eigenvalue weighted by Crippen LogP contribution is 2.37. The van der Waals surface area contributed by atoms with E-state index in [0.29, 0.717) is 30.9 Å². The number of benzene rings is 3. The van der Waals surface area contributed by atoms with Gasteiger partial charge < -0.3 is 39.5 Å². The van der Waals surface area contributed by atoms with Crippen LogP contribution in [0, 0.1) is 0 Å². The predicted octanol–water partition coefficient (Wildman–Crippen LogP) is 28.5. The van der Waals surface area contributed by atoms with Gasteiger partial charge in [0.1, 0.15) is 0 Å². The van der Waals surface area contributed by atoms with E-state index in [0.717, 1.165) is 37.4 Å². The maximum absolute atomic E-state index is 11.6. The summed E-state index contributed by atoms with van der Waals surface area (Å²) in [5.74, 6) is -0.730. The van der Waals surface area contributed by atoms with Crippen LogP contribution >= 0.6 is 0 Å². The van der Waals surface area contributed by atoms with Gasteiger partial charge in [0, 0.05) is 56.1 Å². The maximum Gasteiger partial charge on any atom is 0.333 e. The number of rotatable bonds is 39. The summed E-state index contributed by atoms with van der Waals surface area (Å²) in [6, 6.07) is 32.7. The van der Waals surface area contributed by atoms with Crippen molar-refractivity contribution in [3.63, 3.8) is 0 Å². The molecule has 1 aliphatic rings. The number of esters is 2. The zero-order valence-corrected chi connectivity index (χ0v) is 95.9. The van der Waals surface area contributed by atoms with Crippen LogP contribution < -0.4 is 20.9 Å². The van der Waals surface area contributed by atoms with Crippen LogP contribution in [0.5, 0.6) is 0 Å². The van der Waals surface area contributed by atoms with E-state index in [1.165, 1.54) is 71.4 Å². The van der Waals surface area contributed by atoms with Gasteiger partial charge in [0.2, 0.25) is 5.91 Å². The summed E-state index contributed by atoms with van der Waals surface area (Å²) in [7, 11) is -23.7. The van der Waals surface area contributed by atoms with Crippen molar-refractivity contribution >= 4 is 176 Å². The average Bonchev–Trinajstić information content (AvgIpc) is 0.777. The highest BCUT2D eigenvalue weighted by atomic mass is 28.5. The largest absolute Gasteiger partial charge is 0.463 e. The Morgan fingerprint density at radius 2 is 0.706 bits per heavy atom. The molecule has 1 saturated heterocycles. The Balaban J connectivity index is -0.000000323. The number of hydrogen-bond donors (Lipinski definition) is 1. The lowest BCUT2D eigenvalue weighted by Gasteiger charge is -2.47. The van der Waals surface area contributed by atoms with Crippen LogP contribution in [-0.2, 0) is 48.5 Å². The lowest BCUT2D eigenvalue weighted by Crippen LogP contribution is -2.65. The minimum Gasteiger partial charge on any atom is -0.463 e. The molecule has 27 heteroatoms. The van der Waals surface area contributed by atoms with Crippen molar-refractivity contribution in [2.75, 3.05) is 19.8 Å². The van der Waals surface area contributed by atoms with E-state index in [4.69, 9.17) is 34.2 Å². The Morgan fingerprint density at radius 3 is 0.992 bits per heavy atom. The second kappa shape index (κ2) is 56.0. The Bertz CT molecular complexity index is 3370. The Hall–Kier alpha value is -2.48. The quantitative estimate of drug-likeness (QED) is 0.0253. The molecular weight excluding hydrogens is 1720 g/mol. The van der Waals surface area contributed by atoms with Crippen LogP contribution in [0.3, 0.4) is 0 Å². The molecule has 1 amide bonds. The fourth-order valence-electron chi connectivity index (χ4n) is 15.7. The first-order chi connectivity index (χ1) is 51.9. The molecule has 3 aromatic carbocycles. The first kappa shape index (κ1) is 127. The van der Waals surface area contributed by atoms with Gasteiger partial charge in [-0.3, -0.25) is 4.79 Å². The van der Waals surface area contributed by atoms with E-state index in [1.807, 2.05) is 18.2 Å². The lowest BCUT2D eigenvalue weighted by molar-refractivity contribution is -0.139. The SMILES string of the molecule is C.C.C.C.C=C(C)C(=O)NCCC[Si]1(C)O[Si](C)(C)O[Si](C)(C)O[Si](C)(C)O1.C=C(C)C(=O)OCCC[Si](C)(C)O[Si](C)(C)CCCC.C=CC(=O)OCCC[Si](C)(C)O[Si](C)(C)CCCC.C=Cc1ccc([Si](C)(C)C)cc1.C=Cc1ccc([Si](C)(C)C[Si](C)(C)C)cc1.C=Cc1ccc([Si](C[Si](C)(C)C)(C[Si](C)(C)C)C[Si](C)(C)C)cc1. The predicted molar refractivity (Wildman–Crippen MR) is 578 cm³/mol. The van der Waals surface area contributed by atoms with Crippen LogP contribution in [0.25, 0.3) is 18.2 Å². The second-order valence-corrected chi connectivity index (χ2v) is 114. The van der Waals surface area contributed by atoms with Crippen molar-refractivity contribution in [3.05, 3.63) is 146 Å². The van der Waals surface area contributed by atoms with Gasteiger partial charge in [0.25, 0.3) is 0 Å². The summed E-state index contributed by atoms with van der Waals surface area (Å²) < 4.78 is 48.7. The van der Waals surface area contributed by atoms with Crippen molar-refractivity contribution in [1.29, 1.82) is 0 Å². The van der Waals surface area contributed by atoms with Crippen molar-refractivity contribution in [2.24, 2.45) is 0 Å². The molecule has 12 nitrogen and oxygen atoms in total. The van der Waals surface area contributed by atoms with Gasteiger partial charge >= 0.3 is 46.2 Å². The zero-order valence-electron chi connectivity index (χ0n) is 80.9. The zero-order chi connectivity index (χ0) is 90.0. The lowest BCUT2D eigenvalue weighted by atomic mass is 10.2. The maximum atomic E-state index is 11.6. The van der Waals surface area contributed by atoms with Crippen molar-refractivity contribution < 1.29 is 48.5 Å². The first-order valence-electron chi connectivity index (χ1n) is 42.9. The normalized spacial score (nSPS) is 14.6. The molecule has 690 valence electrons. The summed E-state index contributed by atoms with van der Waals surface area (Å²) >= 11 is 0. The summed E-state index contributed by atoms with van der Waals surface area (Å²) in [5.41, 5.74) is 10.8. The Morgan fingerprint density at radius 1 is 0.403 bits per heavy atom. The van der Waals surface area contributed by atoms with E-state index in [1.54, 1.807) is 41.2 Å². The van der Waals surface area contributed by atoms with Crippen LogP contribution in [0.1, 0.15) is 119 Å². The topological polar surface area (TPSA) is 137 Å². The third kappa shape index (κ3) is 61.6. The van der Waals surface area contributed by atoms with Crippen LogP contribution in [-0.4, -0.2) is 162 Å². The Labute approximate surface area is 754 Å². The van der Waals surface area contributed by atoms with E-state index >= 15 is 0 Å². The first-order valence-corrected chi connectivity index (χ1v) is 90.5. The number of ether oxygens (including phenoxy) is 2. The highest BCUT2D eigenvalue weighted by molar-refractivity contribution is 7.14. The molecule has 3 aromatic rings. The monoisotopic (exact) mass is 1910 g/mol. The van der Waals surface area contributed by atoms with E-state index < -0.39 is 124 Å². The molecule has 1 fully saturated rings. The third-order valence-corrected chi connectivity index (χ3v) is 84.6. The van der Waals surface area contributed by atoms with Gasteiger partial charge in [0.05, 0.1) is 37.4 Å². The highest BCUT2D eigenvalue weighted by Gasteiger charge is 2.52. The van der Waals surface area contributed by atoms with Gasteiger partial charge in [-0.05, 0) is 178 Å². The average molecular weight is 1910 g/mol. The molecule has 119 heavy (non-hydrogen) atoms. The van der Waals surface area contributed by atoms with Gasteiger partial charge in [-0.15, -0.1) is 0 Å².